The van der Waals surface area contributed by atoms with Gasteiger partial charge in [-0.1, -0.05) is 42.5 Å². The van der Waals surface area contributed by atoms with Crippen LogP contribution in [-0.2, 0) is 16.1 Å². The average Bonchev–Trinajstić information content (AvgIpc) is 3.41. The van der Waals surface area contributed by atoms with Crippen molar-refractivity contribution in [1.82, 2.24) is 14.7 Å². The number of benzene rings is 2. The number of hydrogen-bond donors (Lipinski definition) is 1. The van der Waals surface area contributed by atoms with Crippen LogP contribution < -0.4 is 5.73 Å². The fourth-order valence-electron chi connectivity index (χ4n) is 5.44. The summed E-state index contributed by atoms with van der Waals surface area (Å²) in [5.41, 5.74) is 9.12. The van der Waals surface area contributed by atoms with Gasteiger partial charge in [-0.2, -0.15) is 0 Å². The Morgan fingerprint density at radius 3 is 2.21 bits per heavy atom. The summed E-state index contributed by atoms with van der Waals surface area (Å²) in [6.07, 6.45) is 1.47. The Bertz CT molecular complexity index is 1380. The number of nitrogen functional groups attached to an aromatic ring is 1. The van der Waals surface area contributed by atoms with Crippen molar-refractivity contribution in [1.29, 1.82) is 0 Å². The molecular formula is C32H38N4O5S. The number of anilines is 1. The predicted molar refractivity (Wildman–Crippen MR) is 163 cm³/mol. The molecule has 222 valence electrons. The fraction of sp³-hybridized carbons (Fsp3) is 0.406. The molecule has 5 rings (SSSR count). The highest BCUT2D eigenvalue weighted by atomic mass is 32.1. The molecule has 0 spiro atoms. The van der Waals surface area contributed by atoms with Crippen LogP contribution in [0.15, 0.2) is 60.7 Å². The largest absolute Gasteiger partial charge is 0.457 e. The van der Waals surface area contributed by atoms with E-state index in [1.165, 1.54) is 11.3 Å². The molecule has 3 aromatic rings. The monoisotopic (exact) mass is 590 g/mol. The van der Waals surface area contributed by atoms with Gasteiger partial charge in [0.25, 0.3) is 5.91 Å². The number of carbonyl (C=O) groups excluding carboxylic acids is 3. The third-order valence-corrected chi connectivity index (χ3v) is 8.80. The van der Waals surface area contributed by atoms with E-state index in [-0.39, 0.29) is 30.7 Å². The van der Waals surface area contributed by atoms with Crippen molar-refractivity contribution in [2.24, 2.45) is 0 Å². The predicted octanol–water partition coefficient (Wildman–Crippen LogP) is 5.12. The first kappa shape index (κ1) is 29.6. The number of hydrogen-bond acceptors (Lipinski definition) is 8. The molecule has 0 radical (unpaired) electrons. The third-order valence-electron chi connectivity index (χ3n) is 7.79. The second kappa shape index (κ2) is 13.4. The van der Waals surface area contributed by atoms with E-state index >= 15 is 0 Å². The topological polar surface area (TPSA) is 105 Å². The molecule has 0 bridgehead atoms. The summed E-state index contributed by atoms with van der Waals surface area (Å²) in [6.45, 7) is 8.20. The lowest BCUT2D eigenvalue weighted by molar-refractivity contribution is 0.0359. The van der Waals surface area contributed by atoms with Gasteiger partial charge in [0.15, 0.2) is 0 Å². The van der Waals surface area contributed by atoms with Crippen LogP contribution in [0.25, 0.3) is 10.4 Å². The van der Waals surface area contributed by atoms with Crippen molar-refractivity contribution in [2.75, 3.05) is 45.0 Å². The number of esters is 1. The second-order valence-electron chi connectivity index (χ2n) is 11.0. The van der Waals surface area contributed by atoms with Gasteiger partial charge in [-0.05, 0) is 56.0 Å². The maximum atomic E-state index is 13.4. The van der Waals surface area contributed by atoms with E-state index in [4.69, 9.17) is 15.2 Å². The Balaban J connectivity index is 1.12. The molecule has 1 aromatic heterocycles. The molecule has 2 saturated heterocycles. The molecule has 2 aromatic carbocycles. The van der Waals surface area contributed by atoms with Crippen molar-refractivity contribution in [3.63, 3.8) is 0 Å². The summed E-state index contributed by atoms with van der Waals surface area (Å²) in [6, 6.07) is 19.0. The average molecular weight is 591 g/mol. The molecule has 2 N–H and O–H groups in total. The van der Waals surface area contributed by atoms with Gasteiger partial charge < -0.3 is 25.0 Å². The second-order valence-corrected chi connectivity index (χ2v) is 12.1. The van der Waals surface area contributed by atoms with E-state index < -0.39 is 0 Å². The molecule has 9 nitrogen and oxygen atoms in total. The minimum absolute atomic E-state index is 0.0537. The van der Waals surface area contributed by atoms with E-state index in [2.05, 4.69) is 4.90 Å². The highest BCUT2D eigenvalue weighted by Crippen LogP contribution is 2.34. The molecule has 0 saturated carbocycles. The number of rotatable bonds is 7. The molecule has 0 aliphatic carbocycles. The number of carbonyl (C=O) groups is 3. The summed E-state index contributed by atoms with van der Waals surface area (Å²) < 4.78 is 10.8. The number of piperidine rings is 1. The van der Waals surface area contributed by atoms with Gasteiger partial charge in [0.2, 0.25) is 0 Å². The fourth-order valence-corrected chi connectivity index (χ4v) is 6.37. The lowest BCUT2D eigenvalue weighted by Crippen LogP contribution is -2.54. The zero-order valence-corrected chi connectivity index (χ0v) is 25.0. The zero-order chi connectivity index (χ0) is 29.6. The normalized spacial score (nSPS) is 16.5. The molecule has 0 unspecified atom stereocenters. The van der Waals surface area contributed by atoms with Crippen LogP contribution in [0.3, 0.4) is 0 Å². The van der Waals surface area contributed by atoms with Crippen molar-refractivity contribution in [2.45, 2.75) is 45.4 Å². The molecule has 0 atom stereocenters. The Kier molecular flexibility index (Phi) is 9.44. The highest BCUT2D eigenvalue weighted by molar-refractivity contribution is 7.19. The molecule has 2 aliphatic heterocycles. The first-order chi connectivity index (χ1) is 20.3. The lowest BCUT2D eigenvalue weighted by atomic mass is 10.0. The van der Waals surface area contributed by atoms with Gasteiger partial charge in [0.05, 0.1) is 22.2 Å². The number of thiophene rings is 1. The van der Waals surface area contributed by atoms with Gasteiger partial charge in [-0.15, -0.1) is 11.3 Å². The van der Waals surface area contributed by atoms with Gasteiger partial charge in [0.1, 0.15) is 6.61 Å². The summed E-state index contributed by atoms with van der Waals surface area (Å²) in [5, 5.41) is 0.490. The summed E-state index contributed by atoms with van der Waals surface area (Å²) in [4.78, 5) is 45.0. The molecule has 42 heavy (non-hydrogen) atoms. The van der Waals surface area contributed by atoms with E-state index in [0.717, 1.165) is 41.9 Å². The van der Waals surface area contributed by atoms with E-state index in [1.54, 1.807) is 17.0 Å². The summed E-state index contributed by atoms with van der Waals surface area (Å²) >= 11 is 1.37. The smallest absolute Gasteiger partial charge is 0.410 e. The van der Waals surface area contributed by atoms with E-state index in [1.807, 2.05) is 67.3 Å². The standard InChI is InChI=1S/C32H38N4O5S/c1-22(2)41-32(39)36-14-12-26(13-15-36)34-16-18-35(19-17-34)30(37)27-20-28(42-29(27)33)24-8-10-25(11-9-24)31(38)40-21-23-6-4-3-5-7-23/h3-11,20,22,26H,12-19,21,33H2,1-2H3. The SMILES string of the molecule is CC(C)OC(=O)N1CCC(N2CCN(C(=O)c3cc(-c4ccc(C(=O)OCc5ccccc5)cc4)sc3N)CC2)CC1. The van der Waals surface area contributed by atoms with Crippen LogP contribution in [0.5, 0.6) is 0 Å². The van der Waals surface area contributed by atoms with E-state index in [9.17, 15) is 14.4 Å². The number of nitrogens with two attached hydrogens (primary N) is 1. The van der Waals surface area contributed by atoms with Crippen molar-refractivity contribution in [3.05, 3.63) is 77.4 Å². The minimum atomic E-state index is -0.384. The number of nitrogens with zero attached hydrogens (tertiary/aromatic N) is 3. The quantitative estimate of drug-likeness (QED) is 0.381. The van der Waals surface area contributed by atoms with Crippen molar-refractivity contribution < 1.29 is 23.9 Å². The van der Waals surface area contributed by atoms with Crippen LogP contribution in [0, 0.1) is 0 Å². The molecular weight excluding hydrogens is 552 g/mol. The molecule has 2 aliphatic rings. The van der Waals surface area contributed by atoms with Gasteiger partial charge in [0, 0.05) is 50.2 Å². The summed E-state index contributed by atoms with van der Waals surface area (Å²) in [5.74, 6) is -0.438. The zero-order valence-electron chi connectivity index (χ0n) is 24.2. The lowest BCUT2D eigenvalue weighted by Gasteiger charge is -2.42. The van der Waals surface area contributed by atoms with Gasteiger partial charge in [-0.3, -0.25) is 9.69 Å². The molecule has 2 fully saturated rings. The van der Waals surface area contributed by atoms with Gasteiger partial charge in [-0.25, -0.2) is 9.59 Å². The number of likely N-dealkylation sites (tertiary alicyclic amines) is 1. The van der Waals surface area contributed by atoms with Crippen LogP contribution >= 0.6 is 11.3 Å². The number of piperazine rings is 1. The summed E-state index contributed by atoms with van der Waals surface area (Å²) in [7, 11) is 0. The Labute approximate surface area is 250 Å². The maximum Gasteiger partial charge on any atom is 0.410 e. The molecule has 2 amide bonds. The van der Waals surface area contributed by atoms with Crippen LogP contribution in [0.1, 0.15) is 53.0 Å². The van der Waals surface area contributed by atoms with Crippen LogP contribution in [0.4, 0.5) is 9.80 Å². The van der Waals surface area contributed by atoms with Crippen molar-refractivity contribution in [3.8, 4) is 10.4 Å². The maximum absolute atomic E-state index is 13.4. The Morgan fingerprint density at radius 1 is 0.905 bits per heavy atom. The third kappa shape index (κ3) is 7.11. The highest BCUT2D eigenvalue weighted by Gasteiger charge is 2.31. The van der Waals surface area contributed by atoms with Gasteiger partial charge >= 0.3 is 12.1 Å². The first-order valence-electron chi connectivity index (χ1n) is 14.5. The van der Waals surface area contributed by atoms with Crippen LogP contribution in [-0.4, -0.2) is 84.1 Å². The van der Waals surface area contributed by atoms with Crippen molar-refractivity contribution >= 4 is 34.3 Å². The minimum Gasteiger partial charge on any atom is -0.457 e. The molecule has 10 heteroatoms. The number of amides is 2. The Morgan fingerprint density at radius 2 is 1.57 bits per heavy atom. The van der Waals surface area contributed by atoms with Crippen LogP contribution in [0.2, 0.25) is 0 Å². The van der Waals surface area contributed by atoms with E-state index in [0.29, 0.717) is 48.3 Å². The Hall–Kier alpha value is -3.89. The first-order valence-corrected chi connectivity index (χ1v) is 15.3. The molecule has 3 heterocycles. The number of ether oxygens (including phenoxy) is 2.